The molecule has 0 aliphatic heterocycles. The van der Waals surface area contributed by atoms with Gasteiger partial charge >= 0.3 is 0 Å². The Labute approximate surface area is 75.9 Å². The SMILES string of the molecule is Cn1nncc1C(=O)C1(CN)CC1. The van der Waals surface area contributed by atoms with Gasteiger partial charge in [0.15, 0.2) is 5.78 Å². The van der Waals surface area contributed by atoms with Crippen molar-refractivity contribution in [2.45, 2.75) is 12.8 Å². The Balaban J connectivity index is 2.28. The van der Waals surface area contributed by atoms with Gasteiger partial charge in [-0.05, 0) is 12.8 Å². The molecule has 13 heavy (non-hydrogen) atoms. The van der Waals surface area contributed by atoms with E-state index in [9.17, 15) is 4.79 Å². The fourth-order valence-electron chi connectivity index (χ4n) is 1.44. The molecule has 1 fully saturated rings. The van der Waals surface area contributed by atoms with Gasteiger partial charge in [0.2, 0.25) is 0 Å². The summed E-state index contributed by atoms with van der Waals surface area (Å²) in [5.74, 6) is 0.0856. The fourth-order valence-corrected chi connectivity index (χ4v) is 1.44. The minimum Gasteiger partial charge on any atom is -0.329 e. The van der Waals surface area contributed by atoms with Gasteiger partial charge in [0.05, 0.1) is 6.20 Å². The first-order valence-electron chi connectivity index (χ1n) is 4.29. The van der Waals surface area contributed by atoms with E-state index >= 15 is 0 Å². The van der Waals surface area contributed by atoms with Gasteiger partial charge in [-0.3, -0.25) is 4.79 Å². The molecule has 1 aromatic rings. The van der Waals surface area contributed by atoms with E-state index in [0.29, 0.717) is 12.2 Å². The summed E-state index contributed by atoms with van der Waals surface area (Å²) in [5, 5.41) is 7.39. The number of hydrogen-bond acceptors (Lipinski definition) is 4. The number of nitrogens with zero attached hydrogens (tertiary/aromatic N) is 3. The molecule has 0 radical (unpaired) electrons. The lowest BCUT2D eigenvalue weighted by Gasteiger charge is -2.09. The fraction of sp³-hybridized carbons (Fsp3) is 0.625. The molecule has 0 atom stereocenters. The van der Waals surface area contributed by atoms with Crippen molar-refractivity contribution < 1.29 is 4.79 Å². The number of aromatic nitrogens is 3. The molecule has 2 rings (SSSR count). The molecule has 1 heterocycles. The van der Waals surface area contributed by atoms with Crippen LogP contribution in [0.25, 0.3) is 0 Å². The summed E-state index contributed by atoms with van der Waals surface area (Å²) in [6.45, 7) is 0.428. The number of hydrogen-bond donors (Lipinski definition) is 1. The lowest BCUT2D eigenvalue weighted by molar-refractivity contribution is 0.0896. The lowest BCUT2D eigenvalue weighted by atomic mass is 9.99. The highest BCUT2D eigenvalue weighted by Gasteiger charge is 2.49. The highest BCUT2D eigenvalue weighted by molar-refractivity contribution is 6.00. The first kappa shape index (κ1) is 8.37. The number of rotatable bonds is 3. The van der Waals surface area contributed by atoms with E-state index in [1.165, 1.54) is 10.9 Å². The van der Waals surface area contributed by atoms with Gasteiger partial charge in [-0.2, -0.15) is 0 Å². The summed E-state index contributed by atoms with van der Waals surface area (Å²) in [4.78, 5) is 11.9. The quantitative estimate of drug-likeness (QED) is 0.650. The molecule has 0 unspecified atom stereocenters. The van der Waals surface area contributed by atoms with Crippen molar-refractivity contribution in [1.82, 2.24) is 15.0 Å². The Morgan fingerprint density at radius 3 is 2.85 bits per heavy atom. The Morgan fingerprint density at radius 2 is 2.46 bits per heavy atom. The van der Waals surface area contributed by atoms with E-state index in [1.54, 1.807) is 7.05 Å². The van der Waals surface area contributed by atoms with Crippen molar-refractivity contribution in [3.8, 4) is 0 Å². The minimum atomic E-state index is -0.296. The summed E-state index contributed by atoms with van der Waals surface area (Å²) >= 11 is 0. The van der Waals surface area contributed by atoms with Gasteiger partial charge in [0.25, 0.3) is 0 Å². The lowest BCUT2D eigenvalue weighted by Crippen LogP contribution is -2.27. The van der Waals surface area contributed by atoms with Gasteiger partial charge in [-0.15, -0.1) is 5.10 Å². The molecule has 5 nitrogen and oxygen atoms in total. The maximum Gasteiger partial charge on any atom is 0.189 e. The second-order valence-corrected chi connectivity index (χ2v) is 3.56. The Morgan fingerprint density at radius 1 is 1.77 bits per heavy atom. The maximum atomic E-state index is 11.9. The van der Waals surface area contributed by atoms with E-state index in [-0.39, 0.29) is 11.2 Å². The third-order valence-electron chi connectivity index (χ3n) is 2.67. The summed E-state index contributed by atoms with van der Waals surface area (Å²) in [7, 11) is 1.72. The van der Waals surface area contributed by atoms with Gasteiger partial charge in [-0.25, -0.2) is 4.68 Å². The van der Waals surface area contributed by atoms with E-state index in [0.717, 1.165) is 12.8 Å². The molecule has 5 heteroatoms. The van der Waals surface area contributed by atoms with Gasteiger partial charge in [0.1, 0.15) is 5.69 Å². The number of Topliss-reactive ketones (excluding diaryl/α,β-unsaturated/α-hetero) is 1. The molecule has 0 aromatic carbocycles. The van der Waals surface area contributed by atoms with Gasteiger partial charge < -0.3 is 5.73 Å². The number of carbonyl (C=O) groups is 1. The third-order valence-corrected chi connectivity index (χ3v) is 2.67. The van der Waals surface area contributed by atoms with Crippen molar-refractivity contribution in [3.05, 3.63) is 11.9 Å². The van der Waals surface area contributed by atoms with Gasteiger partial charge in [-0.1, -0.05) is 5.21 Å². The predicted molar refractivity (Wildman–Crippen MR) is 46.1 cm³/mol. The van der Waals surface area contributed by atoms with Crippen LogP contribution < -0.4 is 5.73 Å². The second-order valence-electron chi connectivity index (χ2n) is 3.56. The zero-order chi connectivity index (χ0) is 9.47. The van der Waals surface area contributed by atoms with Crippen LogP contribution in [0.2, 0.25) is 0 Å². The highest BCUT2D eigenvalue weighted by atomic mass is 16.1. The minimum absolute atomic E-state index is 0.0856. The van der Waals surface area contributed by atoms with Crippen LogP contribution in [-0.2, 0) is 7.05 Å². The number of nitrogens with two attached hydrogens (primary N) is 1. The molecule has 1 aromatic heterocycles. The summed E-state index contributed by atoms with van der Waals surface area (Å²) in [6.07, 6.45) is 3.29. The highest BCUT2D eigenvalue weighted by Crippen LogP contribution is 2.46. The monoisotopic (exact) mass is 180 g/mol. The van der Waals surface area contributed by atoms with Crippen LogP contribution in [-0.4, -0.2) is 27.3 Å². The zero-order valence-corrected chi connectivity index (χ0v) is 7.53. The van der Waals surface area contributed by atoms with E-state index in [1.807, 2.05) is 0 Å². The molecule has 0 bridgehead atoms. The molecule has 70 valence electrons. The summed E-state index contributed by atoms with van der Waals surface area (Å²) in [6, 6.07) is 0. The van der Waals surface area contributed by atoms with Crippen molar-refractivity contribution >= 4 is 5.78 Å². The normalized spacial score (nSPS) is 18.6. The molecule has 0 amide bonds. The molecule has 1 saturated carbocycles. The zero-order valence-electron chi connectivity index (χ0n) is 7.53. The van der Waals surface area contributed by atoms with Crippen molar-refractivity contribution in [2.75, 3.05) is 6.54 Å². The first-order chi connectivity index (χ1) is 6.19. The molecule has 2 N–H and O–H groups in total. The third kappa shape index (κ3) is 1.16. The number of ketones is 1. The van der Waals surface area contributed by atoms with Crippen LogP contribution in [0.4, 0.5) is 0 Å². The molecule has 1 aliphatic carbocycles. The molecular weight excluding hydrogens is 168 g/mol. The molecule has 0 saturated heterocycles. The van der Waals surface area contributed by atoms with Gasteiger partial charge in [0, 0.05) is 19.0 Å². The van der Waals surface area contributed by atoms with Crippen LogP contribution in [0, 0.1) is 5.41 Å². The average molecular weight is 180 g/mol. The molecule has 1 aliphatic rings. The summed E-state index contributed by atoms with van der Waals surface area (Å²) in [5.41, 5.74) is 5.82. The first-order valence-corrected chi connectivity index (χ1v) is 4.29. The molecular formula is C8H12N4O. The topological polar surface area (TPSA) is 73.8 Å². The van der Waals surface area contributed by atoms with Crippen molar-refractivity contribution in [1.29, 1.82) is 0 Å². The predicted octanol–water partition coefficient (Wildman–Crippen LogP) is -0.263. The molecule has 0 spiro atoms. The van der Waals surface area contributed by atoms with Crippen molar-refractivity contribution in [3.63, 3.8) is 0 Å². The Kier molecular flexibility index (Phi) is 1.69. The average Bonchev–Trinajstić information content (AvgIpc) is 2.83. The second kappa shape index (κ2) is 2.63. The largest absolute Gasteiger partial charge is 0.329 e. The summed E-state index contributed by atoms with van der Waals surface area (Å²) < 4.78 is 1.50. The van der Waals surface area contributed by atoms with Crippen LogP contribution >= 0.6 is 0 Å². The van der Waals surface area contributed by atoms with Crippen LogP contribution in [0.1, 0.15) is 23.3 Å². The smallest absolute Gasteiger partial charge is 0.189 e. The standard InChI is InChI=1S/C8H12N4O/c1-12-6(4-10-11-12)7(13)8(5-9)2-3-8/h4H,2-3,5,9H2,1H3. The van der Waals surface area contributed by atoms with Crippen LogP contribution in [0.3, 0.4) is 0 Å². The van der Waals surface area contributed by atoms with Crippen LogP contribution in [0.5, 0.6) is 0 Å². The van der Waals surface area contributed by atoms with E-state index < -0.39 is 0 Å². The maximum absolute atomic E-state index is 11.9. The van der Waals surface area contributed by atoms with E-state index in [2.05, 4.69) is 10.3 Å². The van der Waals surface area contributed by atoms with E-state index in [4.69, 9.17) is 5.73 Å². The Hall–Kier alpha value is -1.23. The van der Waals surface area contributed by atoms with Crippen molar-refractivity contribution in [2.24, 2.45) is 18.2 Å². The number of aryl methyl sites for hydroxylation is 1. The Bertz CT molecular complexity index is 340. The number of carbonyl (C=O) groups excluding carboxylic acids is 1. The van der Waals surface area contributed by atoms with Crippen LogP contribution in [0.15, 0.2) is 6.20 Å².